The number of aryl methyl sites for hydroxylation is 1. The standard InChI is InChI=1S/C27H32F2N4O6S/c1-5-20(34)7-6-19-12-21-18(14-30-19)16-33(26-24(28)22(38-2)13-23(39-3)25(26)29)27(35)32(21)15-17-8-10-31(11-9-17)40(4,36)37/h5,12-14,17H,1,6-11,15-16H2,2-4H3. The molecule has 0 bridgehead atoms. The average molecular weight is 579 g/mol. The molecule has 10 nitrogen and oxygen atoms in total. The highest BCUT2D eigenvalue weighted by Gasteiger charge is 2.38. The summed E-state index contributed by atoms with van der Waals surface area (Å²) in [4.78, 5) is 32.6. The van der Waals surface area contributed by atoms with Crippen LogP contribution in [0.3, 0.4) is 0 Å². The summed E-state index contributed by atoms with van der Waals surface area (Å²) in [7, 11) is -0.882. The summed E-state index contributed by atoms with van der Waals surface area (Å²) in [5, 5.41) is 0. The largest absolute Gasteiger partial charge is 0.493 e. The number of benzene rings is 1. The third kappa shape index (κ3) is 5.94. The molecule has 0 aliphatic carbocycles. The van der Waals surface area contributed by atoms with Crippen LogP contribution in [0.1, 0.15) is 30.5 Å². The lowest BCUT2D eigenvalue weighted by Crippen LogP contribution is -2.51. The molecule has 1 fully saturated rings. The minimum atomic E-state index is -3.34. The molecule has 13 heteroatoms. The van der Waals surface area contributed by atoms with Gasteiger partial charge in [0.05, 0.1) is 32.7 Å². The highest BCUT2D eigenvalue weighted by molar-refractivity contribution is 7.88. The summed E-state index contributed by atoms with van der Waals surface area (Å²) in [6, 6.07) is 2.12. The predicted molar refractivity (Wildman–Crippen MR) is 145 cm³/mol. The Balaban J connectivity index is 1.73. The van der Waals surface area contributed by atoms with Gasteiger partial charge in [0.1, 0.15) is 5.69 Å². The number of aromatic nitrogens is 1. The minimum absolute atomic E-state index is 0.0664. The molecule has 0 unspecified atom stereocenters. The number of pyridine rings is 1. The van der Waals surface area contributed by atoms with Crippen LogP contribution in [0.25, 0.3) is 0 Å². The second-order valence-corrected chi connectivity index (χ2v) is 11.8. The van der Waals surface area contributed by atoms with E-state index in [9.17, 15) is 18.0 Å². The van der Waals surface area contributed by atoms with Crippen LogP contribution in [0.15, 0.2) is 31.0 Å². The highest BCUT2D eigenvalue weighted by atomic mass is 32.2. The van der Waals surface area contributed by atoms with Crippen molar-refractivity contribution in [2.45, 2.75) is 32.2 Å². The van der Waals surface area contributed by atoms with Crippen molar-refractivity contribution >= 4 is 33.2 Å². The van der Waals surface area contributed by atoms with Gasteiger partial charge in [-0.1, -0.05) is 6.58 Å². The van der Waals surface area contributed by atoms with E-state index >= 15 is 8.78 Å². The Labute approximate surface area is 232 Å². The van der Waals surface area contributed by atoms with Crippen molar-refractivity contribution < 1.29 is 36.3 Å². The predicted octanol–water partition coefficient (Wildman–Crippen LogP) is 3.68. The lowest BCUT2D eigenvalue weighted by molar-refractivity contribution is -0.114. The lowest BCUT2D eigenvalue weighted by atomic mass is 9.96. The summed E-state index contributed by atoms with van der Waals surface area (Å²) in [6.45, 7) is 4.12. The van der Waals surface area contributed by atoms with Crippen LogP contribution >= 0.6 is 0 Å². The molecule has 0 saturated carbocycles. The van der Waals surface area contributed by atoms with Crippen molar-refractivity contribution in [3.8, 4) is 11.5 Å². The number of urea groups is 1. The van der Waals surface area contributed by atoms with E-state index in [0.717, 1.165) is 17.2 Å². The zero-order chi connectivity index (χ0) is 29.2. The fourth-order valence-electron chi connectivity index (χ4n) is 5.01. The number of nitrogens with zero attached hydrogens (tertiary/aromatic N) is 4. The number of carbonyl (C=O) groups excluding carboxylic acids is 2. The van der Waals surface area contributed by atoms with Gasteiger partial charge in [0.15, 0.2) is 28.9 Å². The SMILES string of the molecule is C=CC(=O)CCc1cc2c(cn1)CN(c1c(F)c(OC)cc(OC)c1F)C(=O)N2CC1CCN(S(C)(=O)=O)CC1. The van der Waals surface area contributed by atoms with E-state index in [1.54, 1.807) is 6.07 Å². The molecule has 0 atom stereocenters. The molecule has 2 aliphatic rings. The van der Waals surface area contributed by atoms with Crippen LogP contribution in [0.4, 0.5) is 25.0 Å². The molecule has 2 aliphatic heterocycles. The molecule has 2 amide bonds. The molecule has 0 N–H and O–H groups in total. The number of hydrogen-bond acceptors (Lipinski definition) is 7. The molecular formula is C27H32F2N4O6S. The summed E-state index contributed by atoms with van der Waals surface area (Å²) in [5.41, 5.74) is 1.04. The number of methoxy groups -OCH3 is 2. The van der Waals surface area contributed by atoms with Gasteiger partial charge in [-0.25, -0.2) is 26.3 Å². The van der Waals surface area contributed by atoms with Crippen LogP contribution in [-0.4, -0.2) is 69.6 Å². The van der Waals surface area contributed by atoms with Gasteiger partial charge in [0, 0.05) is 49.6 Å². The Kier molecular flexibility index (Phi) is 8.74. The molecule has 1 saturated heterocycles. The van der Waals surface area contributed by atoms with Gasteiger partial charge in [-0.3, -0.25) is 19.6 Å². The van der Waals surface area contributed by atoms with Crippen molar-refractivity contribution in [1.29, 1.82) is 0 Å². The first kappa shape index (κ1) is 29.4. The quantitative estimate of drug-likeness (QED) is 0.396. The van der Waals surface area contributed by atoms with Crippen LogP contribution in [0, 0.1) is 17.6 Å². The monoisotopic (exact) mass is 578 g/mol. The number of piperidine rings is 1. The number of fused-ring (bicyclic) bond motifs is 1. The van der Waals surface area contributed by atoms with Crippen molar-refractivity contribution in [2.75, 3.05) is 49.9 Å². The van der Waals surface area contributed by atoms with Crippen LogP contribution in [0.5, 0.6) is 11.5 Å². The normalized spacial score (nSPS) is 16.6. The average Bonchev–Trinajstić information content (AvgIpc) is 2.93. The molecule has 3 heterocycles. The highest BCUT2D eigenvalue weighted by Crippen LogP contribution is 2.41. The van der Waals surface area contributed by atoms with E-state index in [-0.39, 0.29) is 42.7 Å². The molecule has 2 aromatic rings. The van der Waals surface area contributed by atoms with Gasteiger partial charge in [-0.05, 0) is 37.3 Å². The van der Waals surface area contributed by atoms with E-state index in [1.807, 2.05) is 0 Å². The second kappa shape index (κ2) is 11.9. The van der Waals surface area contributed by atoms with Gasteiger partial charge in [0.2, 0.25) is 10.0 Å². The first-order valence-electron chi connectivity index (χ1n) is 12.8. The number of sulfonamides is 1. The Morgan fingerprint density at radius 3 is 2.33 bits per heavy atom. The third-order valence-electron chi connectivity index (χ3n) is 7.26. The zero-order valence-corrected chi connectivity index (χ0v) is 23.5. The number of ether oxygens (including phenoxy) is 2. The van der Waals surface area contributed by atoms with Gasteiger partial charge >= 0.3 is 6.03 Å². The number of rotatable bonds is 10. The van der Waals surface area contributed by atoms with Crippen molar-refractivity contribution in [3.05, 3.63) is 53.9 Å². The number of halogens is 2. The van der Waals surface area contributed by atoms with Crippen LogP contribution in [-0.2, 0) is 27.8 Å². The van der Waals surface area contributed by atoms with Gasteiger partial charge < -0.3 is 9.47 Å². The fourth-order valence-corrected chi connectivity index (χ4v) is 5.88. The summed E-state index contributed by atoms with van der Waals surface area (Å²) in [5.74, 6) is -2.88. The first-order chi connectivity index (χ1) is 19.0. The molecule has 40 heavy (non-hydrogen) atoms. The number of allylic oxidation sites excluding steroid dienone is 1. The number of hydrogen-bond donors (Lipinski definition) is 0. The smallest absolute Gasteiger partial charge is 0.329 e. The van der Waals surface area contributed by atoms with Gasteiger partial charge in [-0.2, -0.15) is 0 Å². The molecule has 0 spiro atoms. The molecule has 216 valence electrons. The number of ketones is 1. The molecule has 1 aromatic heterocycles. The maximum atomic E-state index is 15.4. The van der Waals surface area contributed by atoms with E-state index in [1.165, 1.54) is 35.7 Å². The summed E-state index contributed by atoms with van der Waals surface area (Å²) >= 11 is 0. The van der Waals surface area contributed by atoms with E-state index < -0.39 is 33.4 Å². The van der Waals surface area contributed by atoms with Gasteiger partial charge in [0.25, 0.3) is 0 Å². The van der Waals surface area contributed by atoms with Crippen molar-refractivity contribution in [3.63, 3.8) is 0 Å². The van der Waals surface area contributed by atoms with E-state index in [4.69, 9.17) is 9.47 Å². The summed E-state index contributed by atoms with van der Waals surface area (Å²) in [6.07, 6.45) is 5.47. The topological polar surface area (TPSA) is 109 Å². The van der Waals surface area contributed by atoms with Crippen molar-refractivity contribution in [1.82, 2.24) is 9.29 Å². The molecule has 4 rings (SSSR count). The fraction of sp³-hybridized carbons (Fsp3) is 0.444. The minimum Gasteiger partial charge on any atom is -0.493 e. The maximum absolute atomic E-state index is 15.4. The third-order valence-corrected chi connectivity index (χ3v) is 8.56. The van der Waals surface area contributed by atoms with Crippen LogP contribution in [0.2, 0.25) is 0 Å². The van der Waals surface area contributed by atoms with E-state index in [0.29, 0.717) is 49.3 Å². The second-order valence-electron chi connectivity index (χ2n) is 9.82. The number of anilines is 2. The van der Waals surface area contributed by atoms with Crippen molar-refractivity contribution in [2.24, 2.45) is 5.92 Å². The Bertz CT molecular complexity index is 1400. The maximum Gasteiger partial charge on any atom is 0.329 e. The Morgan fingerprint density at radius 2 is 1.77 bits per heavy atom. The summed E-state index contributed by atoms with van der Waals surface area (Å²) < 4.78 is 66.3. The van der Waals surface area contributed by atoms with Gasteiger partial charge in [-0.15, -0.1) is 0 Å². The molecule has 1 aromatic carbocycles. The Morgan fingerprint density at radius 1 is 1.15 bits per heavy atom. The molecule has 0 radical (unpaired) electrons. The first-order valence-corrected chi connectivity index (χ1v) is 14.6. The Hall–Kier alpha value is -3.58. The van der Waals surface area contributed by atoms with Crippen LogP contribution < -0.4 is 19.3 Å². The zero-order valence-electron chi connectivity index (χ0n) is 22.7. The van der Waals surface area contributed by atoms with E-state index in [2.05, 4.69) is 11.6 Å². The lowest BCUT2D eigenvalue weighted by Gasteiger charge is -2.40. The number of amides is 2. The molecular weight excluding hydrogens is 546 g/mol. The number of carbonyl (C=O) groups is 2.